The summed E-state index contributed by atoms with van der Waals surface area (Å²) in [6.45, 7) is 2.52. The highest BCUT2D eigenvalue weighted by Crippen LogP contribution is 2.23. The molecule has 2 aromatic heterocycles. The molecule has 0 amide bonds. The molecule has 2 aromatic carbocycles. The maximum absolute atomic E-state index is 13.2. The second-order valence-corrected chi connectivity index (χ2v) is 9.16. The van der Waals surface area contributed by atoms with Crippen LogP contribution in [0.4, 0.5) is 11.6 Å². The van der Waals surface area contributed by atoms with E-state index < -0.39 is 10.9 Å². The van der Waals surface area contributed by atoms with Gasteiger partial charge in [0.15, 0.2) is 16.9 Å². The molecule has 11 heteroatoms. The van der Waals surface area contributed by atoms with Gasteiger partial charge in [-0.05, 0) is 17.5 Å². The van der Waals surface area contributed by atoms with Crippen LogP contribution in [0.1, 0.15) is 11.1 Å². The minimum absolute atomic E-state index is 0.103. The summed E-state index contributed by atoms with van der Waals surface area (Å²) < 4.78 is 4.46. The van der Waals surface area contributed by atoms with Gasteiger partial charge < -0.3 is 15.4 Å². The first-order chi connectivity index (χ1) is 17.3. The molecule has 5 rings (SSSR count). The monoisotopic (exact) mass is 491 g/mol. The highest BCUT2D eigenvalue weighted by Gasteiger charge is 2.27. The first kappa shape index (κ1) is 23.9. The summed E-state index contributed by atoms with van der Waals surface area (Å²) in [6.07, 6.45) is 0.718. The van der Waals surface area contributed by atoms with Crippen LogP contribution in [-0.2, 0) is 27.1 Å². The van der Waals surface area contributed by atoms with E-state index in [0.29, 0.717) is 36.7 Å². The van der Waals surface area contributed by atoms with Gasteiger partial charge in [0.05, 0.1) is 6.54 Å². The van der Waals surface area contributed by atoms with E-state index in [0.717, 1.165) is 28.7 Å². The predicted octanol–water partition coefficient (Wildman–Crippen LogP) is -0.0937. The lowest BCUT2D eigenvalue weighted by Crippen LogP contribution is -2.99. The van der Waals surface area contributed by atoms with Gasteiger partial charge in [-0.2, -0.15) is 10.2 Å². The topological polar surface area (TPSA) is 125 Å². The third-order valence-electron chi connectivity index (χ3n) is 6.73. The second-order valence-electron chi connectivity index (χ2n) is 9.16. The zero-order valence-electron chi connectivity index (χ0n) is 20.2. The summed E-state index contributed by atoms with van der Waals surface area (Å²) in [4.78, 5) is 32.8. The zero-order valence-corrected chi connectivity index (χ0v) is 20.2. The van der Waals surface area contributed by atoms with E-state index >= 15 is 0 Å². The van der Waals surface area contributed by atoms with Gasteiger partial charge in [-0.15, -0.1) is 0 Å². The number of hydrogen-bond acceptors (Lipinski definition) is 7. The van der Waals surface area contributed by atoms with Crippen molar-refractivity contribution in [3.05, 3.63) is 91.8 Å². The molecule has 3 heterocycles. The lowest BCUT2D eigenvalue weighted by atomic mass is 10.0. The van der Waals surface area contributed by atoms with Gasteiger partial charge in [0.25, 0.3) is 5.56 Å². The molecule has 0 spiro atoms. The molecule has 36 heavy (non-hydrogen) atoms. The molecule has 2 atom stereocenters. The number of nitrogens with zero attached hydrogens (tertiary/aromatic N) is 5. The number of aryl methyl sites for hydroxylation is 1. The van der Waals surface area contributed by atoms with Crippen molar-refractivity contribution in [3.63, 3.8) is 0 Å². The van der Waals surface area contributed by atoms with Crippen molar-refractivity contribution in [1.82, 2.24) is 24.0 Å². The molecule has 1 aliphatic heterocycles. The van der Waals surface area contributed by atoms with E-state index in [9.17, 15) is 14.8 Å². The summed E-state index contributed by atoms with van der Waals surface area (Å²) in [5, 5.41) is 22.9. The molecule has 3 N–H and O–H groups in total. The molecule has 11 nitrogen and oxygen atoms in total. The van der Waals surface area contributed by atoms with E-state index in [-0.39, 0.29) is 17.3 Å². The van der Waals surface area contributed by atoms with Crippen LogP contribution < -0.4 is 26.7 Å². The summed E-state index contributed by atoms with van der Waals surface area (Å²) in [5.41, 5.74) is 2.32. The van der Waals surface area contributed by atoms with Gasteiger partial charge in [-0.1, -0.05) is 42.5 Å². The Kier molecular flexibility index (Phi) is 6.46. The Labute approximate surface area is 207 Å². The van der Waals surface area contributed by atoms with Crippen molar-refractivity contribution >= 4 is 22.8 Å². The molecule has 1 saturated heterocycles. The summed E-state index contributed by atoms with van der Waals surface area (Å²) in [7, 11) is 3.12. The van der Waals surface area contributed by atoms with Crippen LogP contribution in [0.5, 0.6) is 0 Å². The Bertz CT molecular complexity index is 1490. The molecule has 0 saturated carbocycles. The van der Waals surface area contributed by atoms with Gasteiger partial charge in [0, 0.05) is 51.9 Å². The third kappa shape index (κ3) is 4.44. The van der Waals surface area contributed by atoms with Crippen LogP contribution in [0.15, 0.2) is 64.2 Å². The first-order valence-corrected chi connectivity index (χ1v) is 11.8. The van der Waals surface area contributed by atoms with Gasteiger partial charge in [-0.25, -0.2) is 10.0 Å². The minimum Gasteiger partial charge on any atom is -0.595 e. The van der Waals surface area contributed by atoms with Gasteiger partial charge in [0.2, 0.25) is 5.95 Å². The van der Waals surface area contributed by atoms with Crippen LogP contribution >= 0.6 is 0 Å². The number of piperazine rings is 1. The highest BCUT2D eigenvalue weighted by molar-refractivity contribution is 5.75. The molecule has 188 valence electrons. The fraction of sp³-hybridized carbons (Fsp3) is 0.320. The van der Waals surface area contributed by atoms with E-state index in [1.165, 1.54) is 11.6 Å². The van der Waals surface area contributed by atoms with Crippen LogP contribution in [-0.4, -0.2) is 49.6 Å². The number of rotatable bonds is 6. The van der Waals surface area contributed by atoms with Crippen molar-refractivity contribution in [1.29, 1.82) is 0 Å². The number of fused-ring (bicyclic) bond motifs is 1. The lowest BCUT2D eigenvalue weighted by molar-refractivity contribution is -0.991. The van der Waals surface area contributed by atoms with E-state index in [1.54, 1.807) is 19.2 Å². The first-order valence-electron chi connectivity index (χ1n) is 11.8. The quantitative estimate of drug-likeness (QED) is 0.322. The van der Waals surface area contributed by atoms with Gasteiger partial charge >= 0.3 is 5.69 Å². The molecular weight excluding hydrogens is 462 g/mol. The third-order valence-corrected chi connectivity index (χ3v) is 6.73. The average Bonchev–Trinajstić information content (AvgIpc) is 3.26. The van der Waals surface area contributed by atoms with E-state index in [1.807, 2.05) is 47.0 Å². The van der Waals surface area contributed by atoms with Crippen molar-refractivity contribution in [3.8, 4) is 0 Å². The Balaban J connectivity index is 1.51. The maximum Gasteiger partial charge on any atom is 0.332 e. The van der Waals surface area contributed by atoms with Crippen molar-refractivity contribution in [2.75, 3.05) is 24.5 Å². The Hall–Kier alpha value is -3.77. The maximum atomic E-state index is 13.2. The molecule has 0 bridgehead atoms. The predicted molar refractivity (Wildman–Crippen MR) is 136 cm³/mol. The largest absolute Gasteiger partial charge is 0.595 e. The van der Waals surface area contributed by atoms with E-state index in [4.69, 9.17) is 10.2 Å². The summed E-state index contributed by atoms with van der Waals surface area (Å²) >= 11 is 0. The van der Waals surface area contributed by atoms with E-state index in [2.05, 4.69) is 10.2 Å². The average molecular weight is 492 g/mol. The van der Waals surface area contributed by atoms with Crippen LogP contribution in [0, 0.1) is 5.21 Å². The van der Waals surface area contributed by atoms with Crippen LogP contribution in [0.25, 0.3) is 11.2 Å². The number of benzene rings is 2. The van der Waals surface area contributed by atoms with Gasteiger partial charge in [0.1, 0.15) is 0 Å². The Morgan fingerprint density at radius 1 is 1.06 bits per heavy atom. The molecule has 0 radical (unpaired) electrons. The lowest BCUT2D eigenvalue weighted by Gasteiger charge is -2.34. The fourth-order valence-electron chi connectivity index (χ4n) is 4.80. The van der Waals surface area contributed by atoms with Crippen molar-refractivity contribution < 1.29 is 10.4 Å². The molecule has 1 unspecified atom stereocenters. The van der Waals surface area contributed by atoms with Crippen LogP contribution in [0.3, 0.4) is 0 Å². The van der Waals surface area contributed by atoms with Gasteiger partial charge in [-0.3, -0.25) is 18.5 Å². The number of hydrogen-bond donors (Lipinski definition) is 3. The number of imidazole rings is 1. The Morgan fingerprint density at radius 2 is 1.78 bits per heavy atom. The zero-order chi connectivity index (χ0) is 25.4. The van der Waals surface area contributed by atoms with Crippen molar-refractivity contribution in [2.45, 2.75) is 19.0 Å². The van der Waals surface area contributed by atoms with Crippen LogP contribution in [0.2, 0.25) is 0 Å². The molecule has 0 aliphatic carbocycles. The molecule has 1 aliphatic rings. The number of anilines is 1. The standard InChI is InChI=1S/C25H29N7O4/c1-28-22-21(23(33)29(2)25(28)34)31(15-18-6-4-3-5-7-18)24(27-22)30-13-12-26-19(16-30)14-17-8-10-20(11-9-17)32(35)36/h3-11,19,26,32,35H,12-16H2,1-2H3/t19-/m1/s1. The minimum atomic E-state index is -0.943. The Morgan fingerprint density at radius 3 is 2.47 bits per heavy atom. The number of quaternary nitrogens is 1. The number of aromatic nitrogens is 4. The highest BCUT2D eigenvalue weighted by atomic mass is 16.8. The summed E-state index contributed by atoms with van der Waals surface area (Å²) in [5.74, 6) is 0.653. The smallest absolute Gasteiger partial charge is 0.332 e. The summed E-state index contributed by atoms with van der Waals surface area (Å²) in [6, 6.07) is 16.9. The van der Waals surface area contributed by atoms with Crippen molar-refractivity contribution in [2.24, 2.45) is 14.1 Å². The second kappa shape index (κ2) is 9.70. The molecule has 4 aromatic rings. The SMILES string of the molecule is Cn1c(=O)c2c(nc(N3CCN[C@H](Cc4ccc([NH+]([O-])O)cc4)C3)n2Cc2ccccc2)n(C)c1=O. The number of nitrogens with one attached hydrogen (secondary N) is 2. The normalized spacial score (nSPS) is 17.0. The molecular formula is C25H29N7O4. The molecule has 1 fully saturated rings. The fourth-order valence-corrected chi connectivity index (χ4v) is 4.80.